The van der Waals surface area contributed by atoms with E-state index in [9.17, 15) is 4.39 Å². The Hall–Kier alpha value is -1.24. The molecule has 1 aromatic carbocycles. The summed E-state index contributed by atoms with van der Waals surface area (Å²) in [5.74, 6) is 6.50. The Morgan fingerprint density at radius 1 is 1.25 bits per heavy atom. The van der Waals surface area contributed by atoms with E-state index in [0.29, 0.717) is 37.1 Å². The van der Waals surface area contributed by atoms with Gasteiger partial charge in [-0.05, 0) is 24.5 Å². The molecule has 4 heteroatoms. The summed E-state index contributed by atoms with van der Waals surface area (Å²) >= 11 is 5.51. The van der Waals surface area contributed by atoms with Crippen molar-refractivity contribution >= 4 is 11.6 Å². The smallest absolute Gasteiger partial charge is 0.137 e. The molecule has 0 heterocycles. The lowest BCUT2D eigenvalue weighted by molar-refractivity contribution is 0.0924. The molecular formula is C16H20ClFO2. The molecule has 0 bridgehead atoms. The molecule has 0 atom stereocenters. The number of benzene rings is 1. The standard InChI is InChI=1S/C16H20ClFO2/c1-13(2)7-9-19-10-11-20-16-12-15(18)6-5-14(16)4-3-8-17/h5-6,12-13H,7-11H2,1-2H3. The summed E-state index contributed by atoms with van der Waals surface area (Å²) in [4.78, 5) is 0. The maximum atomic E-state index is 13.2. The topological polar surface area (TPSA) is 18.5 Å². The van der Waals surface area contributed by atoms with Gasteiger partial charge in [0.15, 0.2) is 0 Å². The summed E-state index contributed by atoms with van der Waals surface area (Å²) in [7, 11) is 0. The summed E-state index contributed by atoms with van der Waals surface area (Å²) in [5, 5.41) is 0. The molecule has 1 rings (SSSR count). The molecular weight excluding hydrogens is 279 g/mol. The number of halogens is 2. The van der Waals surface area contributed by atoms with E-state index in [2.05, 4.69) is 25.7 Å². The lowest BCUT2D eigenvalue weighted by Gasteiger charge is -2.10. The molecule has 0 radical (unpaired) electrons. The van der Waals surface area contributed by atoms with Crippen molar-refractivity contribution in [2.24, 2.45) is 5.92 Å². The first-order chi connectivity index (χ1) is 9.63. The van der Waals surface area contributed by atoms with Crippen LogP contribution in [0.1, 0.15) is 25.8 Å². The highest BCUT2D eigenvalue weighted by Crippen LogP contribution is 2.19. The van der Waals surface area contributed by atoms with Gasteiger partial charge < -0.3 is 9.47 Å². The predicted octanol–water partition coefficient (Wildman–Crippen LogP) is 3.86. The number of ether oxygens (including phenoxy) is 2. The molecule has 0 fully saturated rings. The highest BCUT2D eigenvalue weighted by atomic mass is 35.5. The van der Waals surface area contributed by atoms with Crippen LogP contribution < -0.4 is 4.74 Å². The largest absolute Gasteiger partial charge is 0.490 e. The molecule has 2 nitrogen and oxygen atoms in total. The third-order valence-electron chi connectivity index (χ3n) is 2.56. The third-order valence-corrected chi connectivity index (χ3v) is 2.69. The zero-order valence-corrected chi connectivity index (χ0v) is 12.7. The molecule has 0 saturated heterocycles. The first-order valence-electron chi connectivity index (χ1n) is 6.68. The van der Waals surface area contributed by atoms with E-state index in [1.165, 1.54) is 12.1 Å². The van der Waals surface area contributed by atoms with Gasteiger partial charge in [-0.2, -0.15) is 0 Å². The molecule has 20 heavy (non-hydrogen) atoms. The zero-order chi connectivity index (χ0) is 14.8. The third kappa shape index (κ3) is 6.79. The van der Waals surface area contributed by atoms with Crippen molar-refractivity contribution < 1.29 is 13.9 Å². The van der Waals surface area contributed by atoms with Crippen LogP contribution in [-0.2, 0) is 4.74 Å². The second-order valence-corrected chi connectivity index (χ2v) is 4.99. The summed E-state index contributed by atoms with van der Waals surface area (Å²) in [5.41, 5.74) is 0.634. The quantitative estimate of drug-likeness (QED) is 0.432. The van der Waals surface area contributed by atoms with E-state index in [0.717, 1.165) is 6.42 Å². The van der Waals surface area contributed by atoms with Crippen LogP contribution in [-0.4, -0.2) is 25.7 Å². The number of alkyl halides is 1. The summed E-state index contributed by atoms with van der Waals surface area (Å²) in [6.45, 7) is 5.86. The van der Waals surface area contributed by atoms with Gasteiger partial charge >= 0.3 is 0 Å². The van der Waals surface area contributed by atoms with E-state index >= 15 is 0 Å². The molecule has 1 aromatic rings. The maximum absolute atomic E-state index is 13.2. The average molecular weight is 299 g/mol. The predicted molar refractivity (Wildman–Crippen MR) is 79.8 cm³/mol. The molecule has 0 aliphatic carbocycles. The van der Waals surface area contributed by atoms with Crippen molar-refractivity contribution in [2.75, 3.05) is 25.7 Å². The van der Waals surface area contributed by atoms with Gasteiger partial charge in [0.2, 0.25) is 0 Å². The first kappa shape index (κ1) is 16.8. The molecule has 0 saturated carbocycles. The fourth-order valence-corrected chi connectivity index (χ4v) is 1.55. The van der Waals surface area contributed by atoms with Crippen LogP contribution in [0.5, 0.6) is 5.75 Å². The summed E-state index contributed by atoms with van der Waals surface area (Å²) in [6, 6.07) is 4.26. The molecule has 0 aliphatic rings. The highest BCUT2D eigenvalue weighted by Gasteiger charge is 2.03. The van der Waals surface area contributed by atoms with Gasteiger partial charge in [0.1, 0.15) is 18.2 Å². The summed E-state index contributed by atoms with van der Waals surface area (Å²) < 4.78 is 24.2. The highest BCUT2D eigenvalue weighted by molar-refractivity contribution is 6.19. The van der Waals surface area contributed by atoms with Crippen LogP contribution in [0, 0.1) is 23.6 Å². The van der Waals surface area contributed by atoms with Gasteiger partial charge in [-0.15, -0.1) is 11.6 Å². The van der Waals surface area contributed by atoms with Gasteiger partial charge in [0.05, 0.1) is 18.1 Å². The molecule has 0 amide bonds. The second-order valence-electron chi connectivity index (χ2n) is 4.72. The van der Waals surface area contributed by atoms with E-state index in [-0.39, 0.29) is 11.7 Å². The van der Waals surface area contributed by atoms with Crippen LogP contribution in [0.4, 0.5) is 4.39 Å². The number of hydrogen-bond acceptors (Lipinski definition) is 2. The van der Waals surface area contributed by atoms with Gasteiger partial charge in [-0.3, -0.25) is 0 Å². The first-order valence-corrected chi connectivity index (χ1v) is 7.22. The summed E-state index contributed by atoms with van der Waals surface area (Å²) in [6.07, 6.45) is 1.02. The fraction of sp³-hybridized carbons (Fsp3) is 0.500. The average Bonchev–Trinajstić information content (AvgIpc) is 2.41. The molecule has 110 valence electrons. The Morgan fingerprint density at radius 2 is 2.05 bits per heavy atom. The SMILES string of the molecule is CC(C)CCOCCOc1cc(F)ccc1C#CCCl. The minimum atomic E-state index is -0.350. The lowest BCUT2D eigenvalue weighted by Crippen LogP contribution is -2.09. The van der Waals surface area contributed by atoms with Crippen LogP contribution in [0.2, 0.25) is 0 Å². The van der Waals surface area contributed by atoms with Gasteiger partial charge in [-0.1, -0.05) is 25.7 Å². The molecule has 0 N–H and O–H groups in total. The maximum Gasteiger partial charge on any atom is 0.137 e. The molecule has 0 spiro atoms. The Labute approximate surface area is 125 Å². The molecule has 0 aromatic heterocycles. The van der Waals surface area contributed by atoms with Crippen molar-refractivity contribution in [3.05, 3.63) is 29.6 Å². The van der Waals surface area contributed by atoms with Crippen molar-refractivity contribution in [2.45, 2.75) is 20.3 Å². The van der Waals surface area contributed by atoms with Crippen LogP contribution >= 0.6 is 11.6 Å². The lowest BCUT2D eigenvalue weighted by atomic mass is 10.1. The Morgan fingerprint density at radius 3 is 2.75 bits per heavy atom. The Bertz CT molecular complexity index is 463. The van der Waals surface area contributed by atoms with Crippen molar-refractivity contribution in [1.29, 1.82) is 0 Å². The second kappa shape index (κ2) is 9.63. The zero-order valence-electron chi connectivity index (χ0n) is 11.9. The Kier molecular flexibility index (Phi) is 8.10. The van der Waals surface area contributed by atoms with Gasteiger partial charge in [0.25, 0.3) is 0 Å². The molecule has 0 unspecified atom stereocenters. The van der Waals surface area contributed by atoms with E-state index in [1.807, 2.05) is 0 Å². The van der Waals surface area contributed by atoms with Crippen LogP contribution in [0.15, 0.2) is 18.2 Å². The molecule has 0 aliphatic heterocycles. The van der Waals surface area contributed by atoms with E-state index in [1.54, 1.807) is 6.07 Å². The van der Waals surface area contributed by atoms with Crippen molar-refractivity contribution in [1.82, 2.24) is 0 Å². The minimum absolute atomic E-state index is 0.231. The van der Waals surface area contributed by atoms with Crippen LogP contribution in [0.25, 0.3) is 0 Å². The van der Waals surface area contributed by atoms with Crippen molar-refractivity contribution in [3.63, 3.8) is 0 Å². The van der Waals surface area contributed by atoms with Gasteiger partial charge in [-0.25, -0.2) is 4.39 Å². The Balaban J connectivity index is 2.44. The van der Waals surface area contributed by atoms with E-state index in [4.69, 9.17) is 21.1 Å². The van der Waals surface area contributed by atoms with Crippen molar-refractivity contribution in [3.8, 4) is 17.6 Å². The number of rotatable bonds is 7. The normalized spacial score (nSPS) is 10.2. The monoisotopic (exact) mass is 298 g/mol. The van der Waals surface area contributed by atoms with Gasteiger partial charge in [0, 0.05) is 12.7 Å². The fourth-order valence-electron chi connectivity index (χ4n) is 1.48. The van der Waals surface area contributed by atoms with E-state index < -0.39 is 0 Å². The number of hydrogen-bond donors (Lipinski definition) is 0. The van der Waals surface area contributed by atoms with Crippen LogP contribution in [0.3, 0.4) is 0 Å². The minimum Gasteiger partial charge on any atom is -0.490 e.